The molecule has 1 aliphatic rings. The first-order valence-corrected chi connectivity index (χ1v) is 9.57. The third kappa shape index (κ3) is 6.04. The molecule has 2 atom stereocenters. The molecule has 1 fully saturated rings. The predicted octanol–water partition coefficient (Wildman–Crippen LogP) is 3.58. The number of aromatic nitrogens is 1. The molecule has 0 aliphatic carbocycles. The summed E-state index contributed by atoms with van der Waals surface area (Å²) in [5.41, 5.74) is 1.01. The fourth-order valence-electron chi connectivity index (χ4n) is 3.26. The Morgan fingerprint density at radius 2 is 2.03 bits per heavy atom. The normalized spacial score (nSPS) is 17.3. The molecule has 156 valence electrons. The van der Waals surface area contributed by atoms with Gasteiger partial charge in [0.1, 0.15) is 17.7 Å². The van der Waals surface area contributed by atoms with Crippen LogP contribution in [0.4, 0.5) is 14.6 Å². The standard InChI is InChI=1S/C21H25F2N3O3/c1-14(24-15(2)27)16-6-8-17(9-7-16)29-18-10-11-26(12-18)20-4-3-5-21(25-20)28-13-19(22)23/h3-9,14,18-19H,10-13H2,1-2H3,(H,24,27)/t14-,18+/m0/s1. The summed E-state index contributed by atoms with van der Waals surface area (Å²) >= 11 is 0. The monoisotopic (exact) mass is 405 g/mol. The lowest BCUT2D eigenvalue weighted by Gasteiger charge is -2.19. The van der Waals surface area contributed by atoms with E-state index in [0.29, 0.717) is 12.4 Å². The van der Waals surface area contributed by atoms with Gasteiger partial charge in [0.2, 0.25) is 11.8 Å². The van der Waals surface area contributed by atoms with Crippen molar-refractivity contribution in [2.75, 3.05) is 24.6 Å². The smallest absolute Gasteiger partial charge is 0.272 e. The van der Waals surface area contributed by atoms with Crippen molar-refractivity contribution in [2.24, 2.45) is 0 Å². The Labute approximate surface area is 168 Å². The number of halogens is 2. The summed E-state index contributed by atoms with van der Waals surface area (Å²) in [6.45, 7) is 4.16. The number of nitrogens with zero attached hydrogens (tertiary/aromatic N) is 2. The highest BCUT2D eigenvalue weighted by atomic mass is 19.3. The first-order valence-electron chi connectivity index (χ1n) is 9.57. The fraction of sp³-hybridized carbons (Fsp3) is 0.429. The Hall–Kier alpha value is -2.90. The highest BCUT2D eigenvalue weighted by Crippen LogP contribution is 2.25. The second-order valence-corrected chi connectivity index (χ2v) is 7.00. The van der Waals surface area contributed by atoms with Crippen molar-refractivity contribution in [2.45, 2.75) is 38.8 Å². The quantitative estimate of drug-likeness (QED) is 0.727. The van der Waals surface area contributed by atoms with E-state index in [1.54, 1.807) is 12.1 Å². The molecule has 2 heterocycles. The molecule has 1 amide bonds. The van der Waals surface area contributed by atoms with Gasteiger partial charge >= 0.3 is 0 Å². The zero-order valence-corrected chi connectivity index (χ0v) is 16.5. The lowest BCUT2D eigenvalue weighted by Crippen LogP contribution is -2.25. The van der Waals surface area contributed by atoms with Crippen molar-refractivity contribution in [1.29, 1.82) is 0 Å². The molecule has 0 radical (unpaired) electrons. The second-order valence-electron chi connectivity index (χ2n) is 7.00. The van der Waals surface area contributed by atoms with E-state index in [4.69, 9.17) is 9.47 Å². The zero-order chi connectivity index (χ0) is 20.8. The Balaban J connectivity index is 1.55. The molecule has 0 saturated carbocycles. The topological polar surface area (TPSA) is 63.7 Å². The predicted molar refractivity (Wildman–Crippen MR) is 106 cm³/mol. The Morgan fingerprint density at radius 1 is 1.28 bits per heavy atom. The minimum atomic E-state index is -2.53. The number of benzene rings is 1. The number of carbonyl (C=O) groups is 1. The molecule has 1 aromatic carbocycles. The van der Waals surface area contributed by atoms with E-state index < -0.39 is 13.0 Å². The highest BCUT2D eigenvalue weighted by molar-refractivity contribution is 5.73. The summed E-state index contributed by atoms with van der Waals surface area (Å²) in [6.07, 6.45) is -1.70. The van der Waals surface area contributed by atoms with Crippen LogP contribution in [0.1, 0.15) is 31.9 Å². The average molecular weight is 405 g/mol. The summed E-state index contributed by atoms with van der Waals surface area (Å²) in [5, 5.41) is 2.85. The number of anilines is 1. The van der Waals surface area contributed by atoms with E-state index in [1.807, 2.05) is 42.2 Å². The molecule has 2 aromatic rings. The van der Waals surface area contributed by atoms with Gasteiger partial charge in [-0.3, -0.25) is 4.79 Å². The number of nitrogens with one attached hydrogen (secondary N) is 1. The van der Waals surface area contributed by atoms with E-state index in [9.17, 15) is 13.6 Å². The maximum Gasteiger partial charge on any atom is 0.272 e. The third-order valence-corrected chi connectivity index (χ3v) is 4.64. The number of rotatable bonds is 8. The van der Waals surface area contributed by atoms with Crippen molar-refractivity contribution in [3.05, 3.63) is 48.0 Å². The summed E-state index contributed by atoms with van der Waals surface area (Å²) in [5.74, 6) is 1.57. The van der Waals surface area contributed by atoms with Gasteiger partial charge in [-0.15, -0.1) is 0 Å². The highest BCUT2D eigenvalue weighted by Gasteiger charge is 2.25. The number of alkyl halides is 2. The van der Waals surface area contributed by atoms with Crippen molar-refractivity contribution < 1.29 is 23.0 Å². The van der Waals surface area contributed by atoms with Gasteiger partial charge in [0.05, 0.1) is 12.6 Å². The Kier molecular flexibility index (Phi) is 6.85. The van der Waals surface area contributed by atoms with Crippen molar-refractivity contribution >= 4 is 11.7 Å². The van der Waals surface area contributed by atoms with E-state index in [0.717, 1.165) is 24.3 Å². The number of hydrogen-bond acceptors (Lipinski definition) is 5. The molecule has 1 aliphatic heterocycles. The van der Waals surface area contributed by atoms with Gasteiger partial charge in [-0.05, 0) is 30.7 Å². The van der Waals surface area contributed by atoms with Crippen molar-refractivity contribution in [3.8, 4) is 11.6 Å². The van der Waals surface area contributed by atoms with Crippen LogP contribution in [-0.2, 0) is 4.79 Å². The third-order valence-electron chi connectivity index (χ3n) is 4.64. The SMILES string of the molecule is CC(=O)N[C@@H](C)c1ccc(O[C@@H]2CCN(c3cccc(OCC(F)F)n3)C2)cc1. The molecule has 0 bridgehead atoms. The number of ether oxygens (including phenoxy) is 2. The zero-order valence-electron chi connectivity index (χ0n) is 16.5. The molecule has 1 N–H and O–H groups in total. The summed E-state index contributed by atoms with van der Waals surface area (Å²) in [4.78, 5) is 17.5. The van der Waals surface area contributed by atoms with Crippen LogP contribution in [0.15, 0.2) is 42.5 Å². The number of carbonyl (C=O) groups excluding carboxylic acids is 1. The van der Waals surface area contributed by atoms with Crippen LogP contribution in [0.25, 0.3) is 0 Å². The molecule has 1 saturated heterocycles. The molecular weight excluding hydrogens is 380 g/mol. The first-order chi connectivity index (χ1) is 13.9. The summed E-state index contributed by atoms with van der Waals surface area (Å²) in [6, 6.07) is 12.7. The van der Waals surface area contributed by atoms with Crippen LogP contribution < -0.4 is 19.7 Å². The van der Waals surface area contributed by atoms with Gasteiger partial charge in [0.15, 0.2) is 6.61 Å². The van der Waals surface area contributed by atoms with Crippen LogP contribution in [0, 0.1) is 0 Å². The number of amides is 1. The molecule has 0 unspecified atom stereocenters. The largest absolute Gasteiger partial charge is 0.489 e. The lowest BCUT2D eigenvalue weighted by atomic mass is 10.1. The first kappa shape index (κ1) is 20.8. The maximum atomic E-state index is 12.3. The van der Waals surface area contributed by atoms with Crippen molar-refractivity contribution in [3.63, 3.8) is 0 Å². The molecule has 8 heteroatoms. The van der Waals surface area contributed by atoms with Gasteiger partial charge in [-0.1, -0.05) is 18.2 Å². The summed E-state index contributed by atoms with van der Waals surface area (Å²) in [7, 11) is 0. The molecule has 1 aromatic heterocycles. The lowest BCUT2D eigenvalue weighted by molar-refractivity contribution is -0.119. The van der Waals surface area contributed by atoms with Crippen LogP contribution >= 0.6 is 0 Å². The van der Waals surface area contributed by atoms with Gasteiger partial charge < -0.3 is 19.7 Å². The number of pyridine rings is 1. The molecule has 29 heavy (non-hydrogen) atoms. The molecular formula is C21H25F2N3O3. The Bertz CT molecular complexity index is 817. The molecule has 3 rings (SSSR count). The van der Waals surface area contributed by atoms with Crippen LogP contribution in [0.2, 0.25) is 0 Å². The maximum absolute atomic E-state index is 12.3. The minimum absolute atomic E-state index is 0.000978. The summed E-state index contributed by atoms with van der Waals surface area (Å²) < 4.78 is 35.7. The average Bonchev–Trinajstić information content (AvgIpc) is 3.15. The number of hydrogen-bond donors (Lipinski definition) is 1. The van der Waals surface area contributed by atoms with Gasteiger partial charge in [-0.25, -0.2) is 8.78 Å². The Morgan fingerprint density at radius 3 is 2.72 bits per heavy atom. The van der Waals surface area contributed by atoms with E-state index in [-0.39, 0.29) is 23.9 Å². The molecule has 6 nitrogen and oxygen atoms in total. The van der Waals surface area contributed by atoms with Crippen LogP contribution in [-0.4, -0.2) is 43.1 Å². The van der Waals surface area contributed by atoms with Crippen LogP contribution in [0.3, 0.4) is 0 Å². The van der Waals surface area contributed by atoms with Gasteiger partial charge in [-0.2, -0.15) is 4.98 Å². The molecule has 0 spiro atoms. The van der Waals surface area contributed by atoms with E-state index >= 15 is 0 Å². The van der Waals surface area contributed by atoms with Crippen molar-refractivity contribution in [1.82, 2.24) is 10.3 Å². The van der Waals surface area contributed by atoms with Gasteiger partial charge in [0, 0.05) is 26.0 Å². The van der Waals surface area contributed by atoms with E-state index in [1.165, 1.54) is 6.92 Å². The van der Waals surface area contributed by atoms with Crippen LogP contribution in [0.5, 0.6) is 11.6 Å². The van der Waals surface area contributed by atoms with Gasteiger partial charge in [0.25, 0.3) is 6.43 Å². The fourth-order valence-corrected chi connectivity index (χ4v) is 3.26. The minimum Gasteiger partial charge on any atom is -0.489 e. The van der Waals surface area contributed by atoms with E-state index in [2.05, 4.69) is 10.3 Å². The second kappa shape index (κ2) is 9.54.